The third-order valence-electron chi connectivity index (χ3n) is 1.99. The van der Waals surface area contributed by atoms with E-state index < -0.39 is 5.97 Å². The maximum absolute atomic E-state index is 10.5. The standard InChI is InChI=1S/C10H10N2O3S/c13-9(14)8-5-15-10(12-8)11-3-1-7-2-4-16-6-7/h2,4-6H,1,3H2,(H,11,12)(H,13,14). The normalized spacial score (nSPS) is 10.2. The second-order valence-corrected chi connectivity index (χ2v) is 3.93. The monoisotopic (exact) mass is 238 g/mol. The Kier molecular flexibility index (Phi) is 3.21. The smallest absolute Gasteiger partial charge is 0.357 e. The Balaban J connectivity index is 1.83. The number of oxazole rings is 1. The predicted octanol–water partition coefficient (Wildman–Crippen LogP) is 2.09. The molecule has 0 fully saturated rings. The number of carboxylic acid groups (broad SMARTS) is 1. The second kappa shape index (κ2) is 4.80. The average molecular weight is 238 g/mol. The number of aromatic nitrogens is 1. The third kappa shape index (κ3) is 2.60. The molecule has 0 spiro atoms. The molecule has 0 aliphatic heterocycles. The van der Waals surface area contributed by atoms with Gasteiger partial charge in [-0.1, -0.05) is 0 Å². The largest absolute Gasteiger partial charge is 0.476 e. The number of nitrogens with one attached hydrogen (secondary N) is 1. The van der Waals surface area contributed by atoms with Gasteiger partial charge in [0.1, 0.15) is 6.26 Å². The molecular weight excluding hydrogens is 228 g/mol. The minimum Gasteiger partial charge on any atom is -0.476 e. The fourth-order valence-corrected chi connectivity index (χ4v) is 1.90. The highest BCUT2D eigenvalue weighted by Crippen LogP contribution is 2.09. The van der Waals surface area contributed by atoms with Gasteiger partial charge in [-0.2, -0.15) is 16.3 Å². The van der Waals surface area contributed by atoms with E-state index in [0.717, 1.165) is 12.7 Å². The zero-order valence-electron chi connectivity index (χ0n) is 8.34. The van der Waals surface area contributed by atoms with Crippen LogP contribution in [0.15, 0.2) is 27.5 Å². The van der Waals surface area contributed by atoms with E-state index in [4.69, 9.17) is 9.52 Å². The van der Waals surface area contributed by atoms with Crippen LogP contribution in [0.5, 0.6) is 0 Å². The first-order chi connectivity index (χ1) is 7.75. The molecule has 0 atom stereocenters. The van der Waals surface area contributed by atoms with Gasteiger partial charge in [-0.3, -0.25) is 0 Å². The summed E-state index contributed by atoms with van der Waals surface area (Å²) in [4.78, 5) is 14.3. The molecule has 2 aromatic rings. The van der Waals surface area contributed by atoms with E-state index in [2.05, 4.69) is 15.7 Å². The maximum atomic E-state index is 10.5. The summed E-state index contributed by atoms with van der Waals surface area (Å²) in [6, 6.07) is 2.29. The summed E-state index contributed by atoms with van der Waals surface area (Å²) < 4.78 is 4.94. The summed E-state index contributed by atoms with van der Waals surface area (Å²) in [6.45, 7) is 0.663. The molecule has 0 saturated carbocycles. The summed E-state index contributed by atoms with van der Waals surface area (Å²) in [7, 11) is 0. The number of nitrogens with zero attached hydrogens (tertiary/aromatic N) is 1. The van der Waals surface area contributed by atoms with Crippen LogP contribution < -0.4 is 5.32 Å². The van der Waals surface area contributed by atoms with Crippen molar-refractivity contribution >= 4 is 23.3 Å². The fourth-order valence-electron chi connectivity index (χ4n) is 1.20. The lowest BCUT2D eigenvalue weighted by atomic mass is 10.2. The lowest BCUT2D eigenvalue weighted by molar-refractivity contribution is 0.0690. The average Bonchev–Trinajstić information content (AvgIpc) is 2.87. The van der Waals surface area contributed by atoms with Gasteiger partial charge in [-0.25, -0.2) is 4.79 Å². The van der Waals surface area contributed by atoms with E-state index in [0.29, 0.717) is 6.54 Å². The number of hydrogen-bond acceptors (Lipinski definition) is 5. The summed E-state index contributed by atoms with van der Waals surface area (Å²) in [5.41, 5.74) is 1.15. The van der Waals surface area contributed by atoms with Gasteiger partial charge in [0, 0.05) is 6.54 Å². The number of thiophene rings is 1. The van der Waals surface area contributed by atoms with Crippen molar-refractivity contribution in [2.24, 2.45) is 0 Å². The van der Waals surface area contributed by atoms with Gasteiger partial charge in [0.15, 0.2) is 5.69 Å². The Labute approximate surface area is 95.7 Å². The van der Waals surface area contributed by atoms with E-state index in [9.17, 15) is 4.79 Å². The highest BCUT2D eigenvalue weighted by Gasteiger charge is 2.09. The molecule has 6 heteroatoms. The molecule has 2 N–H and O–H groups in total. The lowest BCUT2D eigenvalue weighted by Gasteiger charge is -1.98. The van der Waals surface area contributed by atoms with Crippen LogP contribution in [-0.4, -0.2) is 22.6 Å². The molecule has 2 aromatic heterocycles. The van der Waals surface area contributed by atoms with Crippen molar-refractivity contribution in [3.8, 4) is 0 Å². The number of aromatic carboxylic acids is 1. The quantitative estimate of drug-likeness (QED) is 0.834. The molecule has 0 bridgehead atoms. The number of carboxylic acids is 1. The topological polar surface area (TPSA) is 75.4 Å². The van der Waals surface area contributed by atoms with E-state index in [1.165, 1.54) is 5.56 Å². The van der Waals surface area contributed by atoms with E-state index >= 15 is 0 Å². The lowest BCUT2D eigenvalue weighted by Crippen LogP contribution is -2.05. The van der Waals surface area contributed by atoms with Crippen LogP contribution in [0.1, 0.15) is 16.1 Å². The molecule has 16 heavy (non-hydrogen) atoms. The van der Waals surface area contributed by atoms with Crippen LogP contribution in [0.3, 0.4) is 0 Å². The zero-order valence-corrected chi connectivity index (χ0v) is 9.16. The van der Waals surface area contributed by atoms with Gasteiger partial charge < -0.3 is 14.8 Å². The van der Waals surface area contributed by atoms with Crippen LogP contribution in [0.2, 0.25) is 0 Å². The Hall–Kier alpha value is -1.82. The van der Waals surface area contributed by atoms with Gasteiger partial charge in [0.2, 0.25) is 0 Å². The fraction of sp³-hybridized carbons (Fsp3) is 0.200. The van der Waals surface area contributed by atoms with Gasteiger partial charge in [0.05, 0.1) is 0 Å². The molecule has 5 nitrogen and oxygen atoms in total. The molecule has 0 unspecified atom stereocenters. The SMILES string of the molecule is O=C(O)c1coc(NCCc2ccsc2)n1. The van der Waals surface area contributed by atoms with Gasteiger partial charge in [-0.05, 0) is 28.8 Å². The minimum atomic E-state index is -1.09. The minimum absolute atomic E-state index is 0.0852. The van der Waals surface area contributed by atoms with Gasteiger partial charge in [0.25, 0.3) is 6.01 Å². The van der Waals surface area contributed by atoms with Crippen molar-refractivity contribution in [2.75, 3.05) is 11.9 Å². The Morgan fingerprint density at radius 2 is 2.50 bits per heavy atom. The summed E-state index contributed by atoms with van der Waals surface area (Å²) >= 11 is 1.65. The van der Waals surface area contributed by atoms with Crippen LogP contribution >= 0.6 is 11.3 Å². The van der Waals surface area contributed by atoms with Crippen LogP contribution in [0.25, 0.3) is 0 Å². The summed E-state index contributed by atoms with van der Waals surface area (Å²) in [5, 5.41) is 15.6. The van der Waals surface area contributed by atoms with Crippen molar-refractivity contribution in [1.29, 1.82) is 0 Å². The van der Waals surface area contributed by atoms with Crippen molar-refractivity contribution < 1.29 is 14.3 Å². The van der Waals surface area contributed by atoms with Crippen LogP contribution in [0, 0.1) is 0 Å². The van der Waals surface area contributed by atoms with E-state index in [1.54, 1.807) is 11.3 Å². The maximum Gasteiger partial charge on any atom is 0.357 e. The molecule has 0 aliphatic carbocycles. The van der Waals surface area contributed by atoms with Crippen LogP contribution in [-0.2, 0) is 6.42 Å². The van der Waals surface area contributed by atoms with Crippen molar-refractivity contribution in [1.82, 2.24) is 4.98 Å². The van der Waals surface area contributed by atoms with Crippen molar-refractivity contribution in [3.63, 3.8) is 0 Å². The molecular formula is C10H10N2O3S. The molecule has 2 heterocycles. The number of hydrogen-bond donors (Lipinski definition) is 2. The third-order valence-corrected chi connectivity index (χ3v) is 2.73. The number of carbonyl (C=O) groups is 1. The Morgan fingerprint density at radius 3 is 3.12 bits per heavy atom. The first kappa shape index (κ1) is 10.7. The molecule has 84 valence electrons. The highest BCUT2D eigenvalue weighted by molar-refractivity contribution is 7.07. The summed E-state index contributed by atoms with van der Waals surface area (Å²) in [5.74, 6) is -1.09. The Bertz CT molecular complexity index is 464. The predicted molar refractivity (Wildman–Crippen MR) is 60.0 cm³/mol. The van der Waals surface area contributed by atoms with Gasteiger partial charge in [-0.15, -0.1) is 0 Å². The summed E-state index contributed by atoms with van der Waals surface area (Å²) in [6.07, 6.45) is 1.98. The number of rotatable bonds is 5. The second-order valence-electron chi connectivity index (χ2n) is 3.15. The van der Waals surface area contributed by atoms with E-state index in [1.807, 2.05) is 11.4 Å². The first-order valence-corrected chi connectivity index (χ1v) is 5.64. The van der Waals surface area contributed by atoms with Crippen molar-refractivity contribution in [3.05, 3.63) is 34.3 Å². The molecule has 0 amide bonds. The Morgan fingerprint density at radius 1 is 1.62 bits per heavy atom. The molecule has 0 radical (unpaired) electrons. The molecule has 0 aromatic carbocycles. The molecule has 0 aliphatic rings. The first-order valence-electron chi connectivity index (χ1n) is 4.69. The van der Waals surface area contributed by atoms with Gasteiger partial charge >= 0.3 is 5.97 Å². The van der Waals surface area contributed by atoms with Crippen LogP contribution in [0.4, 0.5) is 6.01 Å². The van der Waals surface area contributed by atoms with Crippen molar-refractivity contribution in [2.45, 2.75) is 6.42 Å². The molecule has 2 rings (SSSR count). The molecule has 0 saturated heterocycles. The zero-order chi connectivity index (χ0) is 11.4. The van der Waals surface area contributed by atoms with E-state index in [-0.39, 0.29) is 11.7 Å². The highest BCUT2D eigenvalue weighted by atomic mass is 32.1. The number of anilines is 1.